The average Bonchev–Trinajstić information content (AvgIpc) is 2.62. The number of nitrogens with one attached hydrogen (secondary N) is 1. The van der Waals surface area contributed by atoms with Gasteiger partial charge in [0.05, 0.1) is 11.7 Å². The Morgan fingerprint density at radius 1 is 1.50 bits per heavy atom. The molecule has 0 spiro atoms. The summed E-state index contributed by atoms with van der Waals surface area (Å²) >= 11 is 0. The summed E-state index contributed by atoms with van der Waals surface area (Å²) in [5.41, 5.74) is 2.95. The summed E-state index contributed by atoms with van der Waals surface area (Å²) in [4.78, 5) is 0. The first-order valence-corrected chi connectivity index (χ1v) is 6.34. The van der Waals surface area contributed by atoms with E-state index in [1.807, 2.05) is 0 Å². The van der Waals surface area contributed by atoms with E-state index in [1.54, 1.807) is 0 Å². The molecule has 2 rings (SSSR count). The van der Waals surface area contributed by atoms with Gasteiger partial charge in [-0.25, -0.2) is 0 Å². The molecule has 90 valence electrons. The summed E-state index contributed by atoms with van der Waals surface area (Å²) in [6, 6.07) is 0.518. The Morgan fingerprint density at radius 2 is 2.25 bits per heavy atom. The predicted octanol–water partition coefficient (Wildman–Crippen LogP) is 2.63. The van der Waals surface area contributed by atoms with E-state index in [-0.39, 0.29) is 5.54 Å². The smallest absolute Gasteiger partial charge is 0.0546 e. The van der Waals surface area contributed by atoms with Crippen LogP contribution in [0.3, 0.4) is 0 Å². The van der Waals surface area contributed by atoms with Gasteiger partial charge in [-0.3, -0.25) is 4.68 Å². The van der Waals surface area contributed by atoms with Gasteiger partial charge >= 0.3 is 0 Å². The molecule has 0 aliphatic heterocycles. The molecule has 0 fully saturated rings. The van der Waals surface area contributed by atoms with Crippen molar-refractivity contribution in [2.24, 2.45) is 0 Å². The molecule has 1 aliphatic carbocycles. The van der Waals surface area contributed by atoms with E-state index in [0.29, 0.717) is 6.04 Å². The molecule has 16 heavy (non-hydrogen) atoms. The molecule has 3 nitrogen and oxygen atoms in total. The Bertz CT molecular complexity index is 360. The average molecular weight is 221 g/mol. The van der Waals surface area contributed by atoms with Gasteiger partial charge in [0.15, 0.2) is 0 Å². The lowest BCUT2D eigenvalue weighted by atomic mass is 9.92. The molecule has 1 unspecified atom stereocenters. The minimum Gasteiger partial charge on any atom is -0.310 e. The number of rotatable bonds is 2. The van der Waals surface area contributed by atoms with Crippen molar-refractivity contribution in [3.63, 3.8) is 0 Å². The molecule has 0 amide bonds. The highest BCUT2D eigenvalue weighted by molar-refractivity contribution is 5.25. The van der Waals surface area contributed by atoms with Crippen molar-refractivity contribution in [2.45, 2.75) is 58.5 Å². The first kappa shape index (κ1) is 11.6. The maximum Gasteiger partial charge on any atom is 0.0546 e. The molecule has 0 aromatic carbocycles. The molecule has 1 aromatic heterocycles. The Balaban J connectivity index is 2.35. The molecule has 1 N–H and O–H groups in total. The van der Waals surface area contributed by atoms with Gasteiger partial charge in [0.1, 0.15) is 0 Å². The standard InChI is InChI=1S/C13H23N3/c1-5-14-11-7-6-8-12-10(11)9-15-16(12)13(2,3)4/h9,11,14H,5-8H2,1-4H3. The van der Waals surface area contributed by atoms with E-state index in [9.17, 15) is 0 Å². The minimum absolute atomic E-state index is 0.0989. The fourth-order valence-corrected chi connectivity index (χ4v) is 2.59. The van der Waals surface area contributed by atoms with E-state index in [1.165, 1.54) is 30.5 Å². The van der Waals surface area contributed by atoms with Crippen molar-refractivity contribution >= 4 is 0 Å². The summed E-state index contributed by atoms with van der Waals surface area (Å²) in [6.07, 6.45) is 5.75. The van der Waals surface area contributed by atoms with Gasteiger partial charge in [0.2, 0.25) is 0 Å². The lowest BCUT2D eigenvalue weighted by molar-refractivity contribution is 0.335. The quantitative estimate of drug-likeness (QED) is 0.832. The highest BCUT2D eigenvalue weighted by atomic mass is 15.3. The van der Waals surface area contributed by atoms with Crippen LogP contribution in [0.15, 0.2) is 6.20 Å². The second-order valence-electron chi connectivity index (χ2n) is 5.63. The highest BCUT2D eigenvalue weighted by Crippen LogP contribution is 2.31. The molecule has 3 heteroatoms. The van der Waals surface area contributed by atoms with Gasteiger partial charge in [0, 0.05) is 17.3 Å². The van der Waals surface area contributed by atoms with Crippen molar-refractivity contribution in [1.82, 2.24) is 15.1 Å². The van der Waals surface area contributed by atoms with Crippen LogP contribution in [0.1, 0.15) is 57.8 Å². The van der Waals surface area contributed by atoms with Crippen LogP contribution in [0, 0.1) is 0 Å². The number of hydrogen-bond donors (Lipinski definition) is 1. The van der Waals surface area contributed by atoms with Crippen LogP contribution in [0.2, 0.25) is 0 Å². The number of aromatic nitrogens is 2. The zero-order valence-corrected chi connectivity index (χ0v) is 10.9. The van der Waals surface area contributed by atoms with Crippen molar-refractivity contribution < 1.29 is 0 Å². The fourth-order valence-electron chi connectivity index (χ4n) is 2.59. The molecule has 1 atom stereocenters. The predicted molar refractivity (Wildman–Crippen MR) is 66.6 cm³/mol. The van der Waals surface area contributed by atoms with Crippen molar-refractivity contribution in [3.8, 4) is 0 Å². The van der Waals surface area contributed by atoms with Crippen LogP contribution < -0.4 is 5.32 Å². The Hall–Kier alpha value is -0.830. The molecule has 0 radical (unpaired) electrons. The Morgan fingerprint density at radius 3 is 2.88 bits per heavy atom. The van der Waals surface area contributed by atoms with Gasteiger partial charge in [-0.05, 0) is 46.6 Å². The van der Waals surface area contributed by atoms with Crippen molar-refractivity contribution in [1.29, 1.82) is 0 Å². The Kier molecular flexibility index (Phi) is 3.06. The van der Waals surface area contributed by atoms with Crippen molar-refractivity contribution in [3.05, 3.63) is 17.5 Å². The number of nitrogens with zero attached hydrogens (tertiary/aromatic N) is 2. The maximum atomic E-state index is 4.58. The summed E-state index contributed by atoms with van der Waals surface area (Å²) in [5.74, 6) is 0. The van der Waals surface area contributed by atoms with Crippen LogP contribution in [0.5, 0.6) is 0 Å². The molecule has 1 aliphatic rings. The number of hydrogen-bond acceptors (Lipinski definition) is 2. The first-order valence-electron chi connectivity index (χ1n) is 6.34. The monoisotopic (exact) mass is 221 g/mol. The topological polar surface area (TPSA) is 29.9 Å². The van der Waals surface area contributed by atoms with E-state index in [0.717, 1.165) is 6.54 Å². The van der Waals surface area contributed by atoms with Crippen LogP contribution in [-0.4, -0.2) is 16.3 Å². The second-order valence-corrected chi connectivity index (χ2v) is 5.63. The maximum absolute atomic E-state index is 4.58. The van der Waals surface area contributed by atoms with Gasteiger partial charge in [-0.15, -0.1) is 0 Å². The number of fused-ring (bicyclic) bond motifs is 1. The van der Waals surface area contributed by atoms with Crippen molar-refractivity contribution in [2.75, 3.05) is 6.54 Å². The molecular formula is C13H23N3. The van der Waals surface area contributed by atoms with E-state index < -0.39 is 0 Å². The lowest BCUT2D eigenvalue weighted by Gasteiger charge is -2.28. The summed E-state index contributed by atoms with van der Waals surface area (Å²) in [5, 5.41) is 8.13. The third-order valence-electron chi connectivity index (χ3n) is 3.27. The SMILES string of the molecule is CCNC1CCCc2c1cnn2C(C)(C)C. The van der Waals surface area contributed by atoms with Crippen LogP contribution in [0.4, 0.5) is 0 Å². The summed E-state index contributed by atoms with van der Waals surface area (Å²) in [7, 11) is 0. The van der Waals surface area contributed by atoms with Gasteiger partial charge in [-0.2, -0.15) is 5.10 Å². The summed E-state index contributed by atoms with van der Waals surface area (Å²) < 4.78 is 2.20. The van der Waals surface area contributed by atoms with E-state index in [2.05, 4.69) is 49.0 Å². The first-order chi connectivity index (χ1) is 7.54. The van der Waals surface area contributed by atoms with Gasteiger partial charge in [-0.1, -0.05) is 6.92 Å². The zero-order valence-electron chi connectivity index (χ0n) is 10.9. The van der Waals surface area contributed by atoms with Crippen LogP contribution in [-0.2, 0) is 12.0 Å². The second kappa shape index (κ2) is 4.21. The molecule has 1 aromatic rings. The lowest BCUT2D eigenvalue weighted by Crippen LogP contribution is -2.29. The molecule has 0 saturated heterocycles. The molecule has 0 bridgehead atoms. The molecule has 0 saturated carbocycles. The van der Waals surface area contributed by atoms with Crippen LogP contribution >= 0.6 is 0 Å². The largest absolute Gasteiger partial charge is 0.310 e. The highest BCUT2D eigenvalue weighted by Gasteiger charge is 2.27. The molecular weight excluding hydrogens is 198 g/mol. The van der Waals surface area contributed by atoms with Gasteiger partial charge < -0.3 is 5.32 Å². The zero-order chi connectivity index (χ0) is 11.8. The van der Waals surface area contributed by atoms with E-state index >= 15 is 0 Å². The van der Waals surface area contributed by atoms with Gasteiger partial charge in [0.25, 0.3) is 0 Å². The Labute approximate surface area is 98.2 Å². The fraction of sp³-hybridized carbons (Fsp3) is 0.769. The summed E-state index contributed by atoms with van der Waals surface area (Å²) in [6.45, 7) is 9.86. The third-order valence-corrected chi connectivity index (χ3v) is 3.27. The normalized spacial score (nSPS) is 20.9. The van der Waals surface area contributed by atoms with E-state index in [4.69, 9.17) is 0 Å². The molecule has 1 heterocycles. The minimum atomic E-state index is 0.0989. The van der Waals surface area contributed by atoms with Crippen LogP contribution in [0.25, 0.3) is 0 Å². The third kappa shape index (κ3) is 2.01.